The molecule has 1 amide bonds. The van der Waals surface area contributed by atoms with E-state index >= 15 is 0 Å². The molecule has 3 N–H and O–H groups in total. The number of pyridine rings is 1. The fraction of sp³-hybridized carbons (Fsp3) is 0.0588. The monoisotopic (exact) mass is 339 g/mol. The van der Waals surface area contributed by atoms with Crippen LogP contribution in [0.4, 0.5) is 5.82 Å². The number of nitrogens with two attached hydrogens (primary N) is 1. The van der Waals surface area contributed by atoms with Crippen LogP contribution in [0.15, 0.2) is 55.0 Å². The van der Waals surface area contributed by atoms with E-state index in [2.05, 4.69) is 20.3 Å². The lowest BCUT2D eigenvalue weighted by molar-refractivity contribution is 0.0950. The van der Waals surface area contributed by atoms with Gasteiger partial charge in [-0.2, -0.15) is 0 Å². The molecule has 6 nitrogen and oxygen atoms in total. The van der Waals surface area contributed by atoms with E-state index in [-0.39, 0.29) is 12.5 Å². The van der Waals surface area contributed by atoms with Crippen LogP contribution >= 0.6 is 11.6 Å². The Morgan fingerprint density at radius 2 is 1.96 bits per heavy atom. The van der Waals surface area contributed by atoms with Gasteiger partial charge in [-0.05, 0) is 24.3 Å². The molecular formula is C17H14ClN5O. The summed E-state index contributed by atoms with van der Waals surface area (Å²) >= 11 is 6.02. The predicted octanol–water partition coefficient (Wildman–Crippen LogP) is 2.70. The van der Waals surface area contributed by atoms with Crippen molar-refractivity contribution in [1.29, 1.82) is 0 Å². The van der Waals surface area contributed by atoms with Crippen LogP contribution in [0.2, 0.25) is 5.02 Å². The van der Waals surface area contributed by atoms with Crippen LogP contribution in [0, 0.1) is 0 Å². The average molecular weight is 340 g/mol. The lowest BCUT2D eigenvalue weighted by Crippen LogP contribution is -2.23. The predicted molar refractivity (Wildman–Crippen MR) is 92.3 cm³/mol. The zero-order valence-electron chi connectivity index (χ0n) is 12.6. The Balaban J connectivity index is 1.69. The molecule has 0 radical (unpaired) electrons. The molecule has 0 atom stereocenters. The maximum atomic E-state index is 12.2. The summed E-state index contributed by atoms with van der Waals surface area (Å²) in [6.07, 6.45) is 4.73. The van der Waals surface area contributed by atoms with Crippen LogP contribution in [-0.4, -0.2) is 20.9 Å². The summed E-state index contributed by atoms with van der Waals surface area (Å²) < 4.78 is 0. The van der Waals surface area contributed by atoms with Gasteiger partial charge < -0.3 is 11.1 Å². The third-order valence-electron chi connectivity index (χ3n) is 3.35. The quantitative estimate of drug-likeness (QED) is 0.762. The molecule has 0 saturated carbocycles. The highest BCUT2D eigenvalue weighted by atomic mass is 35.5. The molecule has 0 aliphatic rings. The molecule has 1 aromatic carbocycles. The third kappa shape index (κ3) is 3.67. The van der Waals surface area contributed by atoms with Crippen molar-refractivity contribution in [3.8, 4) is 11.3 Å². The number of benzene rings is 1. The van der Waals surface area contributed by atoms with E-state index in [1.807, 2.05) is 0 Å². The number of carbonyl (C=O) groups excluding carboxylic acids is 1. The summed E-state index contributed by atoms with van der Waals surface area (Å²) in [7, 11) is 0. The van der Waals surface area contributed by atoms with Gasteiger partial charge in [0.25, 0.3) is 5.91 Å². The molecule has 0 saturated heterocycles. The minimum absolute atomic E-state index is 0.207. The topological polar surface area (TPSA) is 93.8 Å². The van der Waals surface area contributed by atoms with Gasteiger partial charge in [-0.1, -0.05) is 23.7 Å². The number of amides is 1. The fourth-order valence-electron chi connectivity index (χ4n) is 2.13. The van der Waals surface area contributed by atoms with Crippen molar-refractivity contribution in [2.75, 3.05) is 5.73 Å². The SMILES string of the molecule is Nc1cncc(-c2ccc(C(=O)NCc3ncccc3Cl)cc2)n1. The van der Waals surface area contributed by atoms with E-state index in [4.69, 9.17) is 17.3 Å². The number of hydrogen-bond acceptors (Lipinski definition) is 5. The number of anilines is 1. The van der Waals surface area contributed by atoms with Crippen LogP contribution in [0.1, 0.15) is 16.1 Å². The van der Waals surface area contributed by atoms with E-state index in [9.17, 15) is 4.79 Å². The standard InChI is InChI=1S/C17H14ClN5O/c18-13-2-1-7-21-15(13)9-22-17(24)12-5-3-11(4-6-12)14-8-20-10-16(19)23-14/h1-8,10H,9H2,(H2,19,23)(H,22,24). The number of nitrogens with zero attached hydrogens (tertiary/aromatic N) is 3. The first-order valence-electron chi connectivity index (χ1n) is 7.19. The summed E-state index contributed by atoms with van der Waals surface area (Å²) in [6, 6.07) is 10.5. The summed E-state index contributed by atoms with van der Waals surface area (Å²) in [5, 5.41) is 3.31. The zero-order chi connectivity index (χ0) is 16.9. The number of carbonyl (C=O) groups is 1. The van der Waals surface area contributed by atoms with E-state index in [0.29, 0.717) is 27.8 Å². The maximum absolute atomic E-state index is 12.2. The van der Waals surface area contributed by atoms with E-state index < -0.39 is 0 Å². The van der Waals surface area contributed by atoms with Gasteiger partial charge in [0.2, 0.25) is 0 Å². The van der Waals surface area contributed by atoms with Gasteiger partial charge in [0.05, 0.1) is 35.3 Å². The zero-order valence-corrected chi connectivity index (χ0v) is 13.4. The lowest BCUT2D eigenvalue weighted by atomic mass is 10.1. The number of aromatic nitrogens is 3. The summed E-state index contributed by atoms with van der Waals surface area (Å²) in [6.45, 7) is 0.265. The Labute approximate surface area is 143 Å². The lowest BCUT2D eigenvalue weighted by Gasteiger charge is -2.07. The molecule has 120 valence electrons. The van der Waals surface area contributed by atoms with Crippen LogP contribution in [0.3, 0.4) is 0 Å². The van der Waals surface area contributed by atoms with Crippen molar-refractivity contribution in [3.05, 3.63) is 71.3 Å². The highest BCUT2D eigenvalue weighted by molar-refractivity contribution is 6.31. The summed E-state index contributed by atoms with van der Waals surface area (Å²) in [5.41, 5.74) is 8.27. The maximum Gasteiger partial charge on any atom is 0.251 e. The first kappa shape index (κ1) is 15.9. The molecule has 2 heterocycles. The van der Waals surface area contributed by atoms with Gasteiger partial charge in [-0.15, -0.1) is 0 Å². The van der Waals surface area contributed by atoms with Gasteiger partial charge in [-0.3, -0.25) is 14.8 Å². The smallest absolute Gasteiger partial charge is 0.251 e. The van der Waals surface area contributed by atoms with Gasteiger partial charge >= 0.3 is 0 Å². The van der Waals surface area contributed by atoms with E-state index in [1.165, 1.54) is 6.20 Å². The molecule has 24 heavy (non-hydrogen) atoms. The number of rotatable bonds is 4. The molecule has 3 rings (SSSR count). The second-order valence-electron chi connectivity index (χ2n) is 5.02. The molecule has 0 fully saturated rings. The Bertz CT molecular complexity index is 867. The summed E-state index contributed by atoms with van der Waals surface area (Å²) in [4.78, 5) is 24.5. The second kappa shape index (κ2) is 7.06. The van der Waals surface area contributed by atoms with Crippen LogP contribution < -0.4 is 11.1 Å². The molecule has 0 unspecified atom stereocenters. The first-order chi connectivity index (χ1) is 11.6. The minimum atomic E-state index is -0.207. The molecule has 3 aromatic rings. The molecule has 0 aliphatic carbocycles. The largest absolute Gasteiger partial charge is 0.382 e. The highest BCUT2D eigenvalue weighted by Crippen LogP contribution is 2.18. The van der Waals surface area contributed by atoms with E-state index in [0.717, 1.165) is 5.56 Å². The Morgan fingerprint density at radius 1 is 1.17 bits per heavy atom. The molecular weight excluding hydrogens is 326 g/mol. The minimum Gasteiger partial charge on any atom is -0.382 e. The van der Waals surface area contributed by atoms with Gasteiger partial charge in [-0.25, -0.2) is 4.98 Å². The van der Waals surface area contributed by atoms with Crippen molar-refractivity contribution in [3.63, 3.8) is 0 Å². The number of nitrogens with one attached hydrogen (secondary N) is 1. The van der Waals surface area contributed by atoms with Crippen molar-refractivity contribution >= 4 is 23.3 Å². The van der Waals surface area contributed by atoms with Gasteiger partial charge in [0, 0.05) is 17.3 Å². The molecule has 0 spiro atoms. The van der Waals surface area contributed by atoms with Crippen molar-refractivity contribution in [1.82, 2.24) is 20.3 Å². The number of hydrogen-bond donors (Lipinski definition) is 2. The molecule has 0 bridgehead atoms. The Morgan fingerprint density at radius 3 is 2.67 bits per heavy atom. The number of nitrogen functional groups attached to an aromatic ring is 1. The fourth-order valence-corrected chi connectivity index (χ4v) is 2.32. The normalized spacial score (nSPS) is 10.4. The highest BCUT2D eigenvalue weighted by Gasteiger charge is 2.08. The first-order valence-corrected chi connectivity index (χ1v) is 7.57. The third-order valence-corrected chi connectivity index (χ3v) is 3.69. The average Bonchev–Trinajstić information content (AvgIpc) is 2.61. The Hall–Kier alpha value is -2.99. The second-order valence-corrected chi connectivity index (χ2v) is 5.43. The molecule has 0 aliphatic heterocycles. The van der Waals surface area contributed by atoms with Crippen molar-refractivity contribution in [2.24, 2.45) is 0 Å². The number of halogens is 1. The van der Waals surface area contributed by atoms with Crippen LogP contribution in [0.25, 0.3) is 11.3 Å². The van der Waals surface area contributed by atoms with Crippen molar-refractivity contribution < 1.29 is 4.79 Å². The molecule has 2 aromatic heterocycles. The van der Waals surface area contributed by atoms with E-state index in [1.54, 1.807) is 48.8 Å². The summed E-state index contributed by atoms with van der Waals surface area (Å²) in [5.74, 6) is 0.142. The Kier molecular flexibility index (Phi) is 4.67. The van der Waals surface area contributed by atoms with Crippen LogP contribution in [-0.2, 0) is 6.54 Å². The van der Waals surface area contributed by atoms with Crippen molar-refractivity contribution in [2.45, 2.75) is 6.54 Å². The van der Waals surface area contributed by atoms with Gasteiger partial charge in [0.15, 0.2) is 0 Å². The van der Waals surface area contributed by atoms with Gasteiger partial charge in [0.1, 0.15) is 5.82 Å². The molecule has 7 heteroatoms. The van der Waals surface area contributed by atoms with Crippen LogP contribution in [0.5, 0.6) is 0 Å².